The van der Waals surface area contributed by atoms with Crippen molar-refractivity contribution in [2.75, 3.05) is 26.4 Å². The number of hydrogen-bond acceptors (Lipinski definition) is 6. The van der Waals surface area contributed by atoms with Crippen LogP contribution in [0.25, 0.3) is 0 Å². The van der Waals surface area contributed by atoms with Crippen molar-refractivity contribution >= 4 is 0 Å². The van der Waals surface area contributed by atoms with Crippen LogP contribution in [0.5, 0.6) is 5.75 Å². The van der Waals surface area contributed by atoms with Crippen LogP contribution in [-0.2, 0) is 25.4 Å². The fourth-order valence-corrected chi connectivity index (χ4v) is 3.56. The van der Waals surface area contributed by atoms with Gasteiger partial charge in [-0.25, -0.2) is 0 Å². The summed E-state index contributed by atoms with van der Waals surface area (Å²) in [5.41, 5.74) is 1.04. The van der Waals surface area contributed by atoms with Gasteiger partial charge in [0.2, 0.25) is 0 Å². The summed E-state index contributed by atoms with van der Waals surface area (Å²) in [5.74, 6) is -3.57. The van der Waals surface area contributed by atoms with Gasteiger partial charge in [-0.15, -0.1) is 0 Å². The first-order valence-corrected chi connectivity index (χ1v) is 12.1. The maximum atomic E-state index is 11.2. The second-order valence-electron chi connectivity index (χ2n) is 7.45. The van der Waals surface area contributed by atoms with E-state index in [1.807, 2.05) is 24.3 Å². The molecule has 0 fully saturated rings. The largest absolute Gasteiger partial charge is 0.433 e. The summed E-state index contributed by atoms with van der Waals surface area (Å²) in [6.45, 7) is 10.2. The average molecular weight is 441 g/mol. The first-order valence-electron chi connectivity index (χ1n) is 12.1. The molecular weight excluding hydrogens is 396 g/mol. The Morgan fingerprint density at radius 3 is 1.74 bits per heavy atom. The number of para-hydroxylation sites is 1. The van der Waals surface area contributed by atoms with E-state index in [9.17, 15) is 5.11 Å². The Morgan fingerprint density at radius 1 is 0.677 bits per heavy atom. The van der Waals surface area contributed by atoms with Crippen molar-refractivity contribution in [2.45, 2.75) is 97.9 Å². The highest BCUT2D eigenvalue weighted by atomic mass is 17.0. The SMILES string of the molecule is CCCCCCCCCc1ccccc1OC(OCC)(OCC)C(O)(OCC)OCC. The minimum Gasteiger partial charge on any atom is -0.433 e. The molecule has 0 unspecified atom stereocenters. The minimum atomic E-state index is -2.21. The van der Waals surface area contributed by atoms with Crippen molar-refractivity contribution in [3.8, 4) is 5.75 Å². The van der Waals surface area contributed by atoms with Crippen molar-refractivity contribution in [1.29, 1.82) is 0 Å². The smallest absolute Gasteiger partial charge is 0.414 e. The van der Waals surface area contributed by atoms with Gasteiger partial charge in [0.1, 0.15) is 5.75 Å². The molecular formula is C25H44O6. The van der Waals surface area contributed by atoms with Gasteiger partial charge in [0.25, 0.3) is 0 Å². The third-order valence-corrected chi connectivity index (χ3v) is 5.00. The minimum absolute atomic E-state index is 0.196. The third-order valence-electron chi connectivity index (χ3n) is 5.00. The number of ether oxygens (including phenoxy) is 5. The molecule has 0 radical (unpaired) electrons. The van der Waals surface area contributed by atoms with Gasteiger partial charge in [0, 0.05) is 13.2 Å². The number of benzene rings is 1. The molecule has 0 aliphatic rings. The Balaban J connectivity index is 3.01. The van der Waals surface area contributed by atoms with E-state index < -0.39 is 11.9 Å². The topological polar surface area (TPSA) is 66.4 Å². The molecule has 0 bridgehead atoms. The fraction of sp³-hybridized carbons (Fsp3) is 0.760. The van der Waals surface area contributed by atoms with Crippen LogP contribution in [0, 0.1) is 0 Å². The zero-order chi connectivity index (χ0) is 23.0. The van der Waals surface area contributed by atoms with Crippen LogP contribution >= 0.6 is 0 Å². The molecule has 1 N–H and O–H groups in total. The molecule has 0 spiro atoms. The first-order chi connectivity index (χ1) is 15.0. The van der Waals surface area contributed by atoms with Crippen molar-refractivity contribution < 1.29 is 28.8 Å². The molecule has 0 heterocycles. The number of aryl methyl sites for hydroxylation is 1. The van der Waals surface area contributed by atoms with Crippen LogP contribution in [-0.4, -0.2) is 43.5 Å². The van der Waals surface area contributed by atoms with Gasteiger partial charge in [-0.3, -0.25) is 0 Å². The van der Waals surface area contributed by atoms with Crippen molar-refractivity contribution in [1.82, 2.24) is 0 Å². The summed E-state index contributed by atoms with van der Waals surface area (Å²) in [6.07, 6.45) is 9.57. The summed E-state index contributed by atoms with van der Waals surface area (Å²) in [7, 11) is 0. The van der Waals surface area contributed by atoms with Gasteiger partial charge in [0.05, 0.1) is 13.2 Å². The lowest BCUT2D eigenvalue weighted by molar-refractivity contribution is -0.535. The summed E-state index contributed by atoms with van der Waals surface area (Å²) in [5, 5.41) is 11.2. The Morgan fingerprint density at radius 2 is 1.19 bits per heavy atom. The van der Waals surface area contributed by atoms with Gasteiger partial charge in [0.15, 0.2) is 0 Å². The first kappa shape index (κ1) is 27.9. The molecule has 1 aromatic rings. The lowest BCUT2D eigenvalue weighted by Crippen LogP contribution is -2.64. The number of rotatable bonds is 19. The molecule has 0 saturated heterocycles. The predicted octanol–water partition coefficient (Wildman–Crippen LogP) is 5.80. The van der Waals surface area contributed by atoms with E-state index in [0.29, 0.717) is 5.75 Å². The molecule has 0 saturated carbocycles. The highest BCUT2D eigenvalue weighted by molar-refractivity contribution is 5.33. The van der Waals surface area contributed by atoms with E-state index in [1.54, 1.807) is 27.7 Å². The quantitative estimate of drug-likeness (QED) is 0.216. The third kappa shape index (κ3) is 8.70. The van der Waals surface area contributed by atoms with E-state index in [1.165, 1.54) is 38.5 Å². The van der Waals surface area contributed by atoms with Gasteiger partial charge >= 0.3 is 11.9 Å². The van der Waals surface area contributed by atoms with E-state index in [2.05, 4.69) is 6.92 Å². The number of hydrogen-bond donors (Lipinski definition) is 1. The van der Waals surface area contributed by atoms with Gasteiger partial charge in [-0.1, -0.05) is 63.6 Å². The number of unbranched alkanes of at least 4 members (excludes halogenated alkanes) is 6. The summed E-state index contributed by atoms with van der Waals surface area (Å²) in [6, 6.07) is 7.79. The molecule has 6 nitrogen and oxygen atoms in total. The monoisotopic (exact) mass is 440 g/mol. The summed E-state index contributed by atoms with van der Waals surface area (Å²) >= 11 is 0. The lowest BCUT2D eigenvalue weighted by Gasteiger charge is -2.42. The summed E-state index contributed by atoms with van der Waals surface area (Å²) < 4.78 is 29.0. The zero-order valence-electron chi connectivity index (χ0n) is 20.3. The van der Waals surface area contributed by atoms with E-state index in [-0.39, 0.29) is 26.4 Å². The molecule has 6 heteroatoms. The molecule has 1 rings (SSSR count). The maximum absolute atomic E-state index is 11.2. The second kappa shape index (κ2) is 15.6. The van der Waals surface area contributed by atoms with E-state index in [0.717, 1.165) is 18.4 Å². The van der Waals surface area contributed by atoms with Crippen LogP contribution in [0.15, 0.2) is 24.3 Å². The molecule has 180 valence electrons. The maximum Gasteiger partial charge on any atom is 0.414 e. The molecule has 0 aliphatic heterocycles. The van der Waals surface area contributed by atoms with Crippen molar-refractivity contribution in [2.24, 2.45) is 0 Å². The Labute approximate surface area is 189 Å². The standard InChI is InChI=1S/C25H44O6/c1-6-11-12-13-14-15-16-19-22-20-17-18-21-23(22)31-25(29-9-4,30-10-5)24(26,27-7-2)28-8-3/h17-18,20-21,26H,6-16,19H2,1-5H3. The molecule has 31 heavy (non-hydrogen) atoms. The van der Waals surface area contributed by atoms with Crippen LogP contribution in [0.2, 0.25) is 0 Å². The zero-order valence-corrected chi connectivity index (χ0v) is 20.3. The normalized spacial score (nSPS) is 12.3. The molecule has 0 aromatic heterocycles. The predicted molar refractivity (Wildman–Crippen MR) is 123 cm³/mol. The Bertz CT molecular complexity index is 565. The highest BCUT2D eigenvalue weighted by Crippen LogP contribution is 2.35. The molecule has 0 atom stereocenters. The van der Waals surface area contributed by atoms with E-state index >= 15 is 0 Å². The average Bonchev–Trinajstić information content (AvgIpc) is 2.75. The fourth-order valence-electron chi connectivity index (χ4n) is 3.56. The van der Waals surface area contributed by atoms with Gasteiger partial charge in [-0.05, 0) is 52.2 Å². The van der Waals surface area contributed by atoms with Gasteiger partial charge < -0.3 is 28.8 Å². The summed E-state index contributed by atoms with van der Waals surface area (Å²) in [4.78, 5) is 0. The van der Waals surface area contributed by atoms with Crippen LogP contribution in [0.1, 0.15) is 85.1 Å². The van der Waals surface area contributed by atoms with Crippen molar-refractivity contribution in [3.63, 3.8) is 0 Å². The second-order valence-corrected chi connectivity index (χ2v) is 7.45. The molecule has 0 amide bonds. The van der Waals surface area contributed by atoms with E-state index in [4.69, 9.17) is 23.7 Å². The van der Waals surface area contributed by atoms with Gasteiger partial charge in [-0.2, -0.15) is 0 Å². The van der Waals surface area contributed by atoms with Crippen molar-refractivity contribution in [3.05, 3.63) is 29.8 Å². The molecule has 1 aromatic carbocycles. The number of aliphatic hydroxyl groups is 1. The van der Waals surface area contributed by atoms with Crippen LogP contribution in [0.4, 0.5) is 0 Å². The van der Waals surface area contributed by atoms with Crippen LogP contribution in [0.3, 0.4) is 0 Å². The molecule has 0 aliphatic carbocycles. The Kier molecular flexibility index (Phi) is 14.0. The lowest BCUT2D eigenvalue weighted by atomic mass is 10.0. The van der Waals surface area contributed by atoms with Crippen LogP contribution < -0.4 is 4.74 Å². The highest BCUT2D eigenvalue weighted by Gasteiger charge is 2.60. The Hall–Kier alpha value is -1.18.